The Morgan fingerprint density at radius 2 is 1.17 bits per heavy atom. The molecule has 22 nitrogen and oxygen atoms in total. The number of amides is 2. The summed E-state index contributed by atoms with van der Waals surface area (Å²) in [7, 11) is 4.30. The molecule has 4 aliphatic rings. The number of hydrogen-bond acceptors (Lipinski definition) is 19. The molecule has 3 N–H and O–H groups in total. The maximum absolute atomic E-state index is 16.0. The van der Waals surface area contributed by atoms with Crippen molar-refractivity contribution in [3.05, 3.63) is 130 Å². The lowest BCUT2D eigenvalue weighted by molar-refractivity contribution is -0.140. The molecule has 0 unspecified atom stereocenters. The van der Waals surface area contributed by atoms with Crippen LogP contribution < -0.4 is 20.1 Å². The van der Waals surface area contributed by atoms with Crippen molar-refractivity contribution in [2.75, 3.05) is 83.7 Å². The molecule has 4 aromatic carbocycles. The quantitative estimate of drug-likeness (QED) is 0.0772. The molecule has 0 radical (unpaired) electrons. The first-order valence-corrected chi connectivity index (χ1v) is 29.4. The molecule has 87 heavy (non-hydrogen) atoms. The predicted octanol–water partition coefficient (Wildman–Crippen LogP) is 8.45. The Hall–Kier alpha value is -9.10. The molecule has 0 bridgehead atoms. The fourth-order valence-corrected chi connectivity index (χ4v) is 11.9. The Bertz CT molecular complexity index is 3730. The number of halogens is 2. The number of likely N-dealkylation sites (tertiary alicyclic amines) is 4. The zero-order chi connectivity index (χ0) is 60.7. The second-order valence-corrected chi connectivity index (χ2v) is 23.0. The standard InChI is InChI=1S/C63H69F2N17O5/c1-37-26-46(8-10-48(37)40-14-20-79(4)21-15-40)71-62-69-36-68-58(75-62)42-6-12-52(44(28-42)30-66)86-54-18-24-81(32-50(54)64)57(83)35-85-34-56-73-59(76-63(74-56)72-47-9-11-49(38(2)27-47)41-16-22-80(5)23-17-41)43-7-13-53(45(29-43)31-67)87-55-19-25-82(33-51(55)65)61(84)60-70-39(3)77-78-60/h6-13,26-29,36,40-41,50-51,54-55H,14-25,32-35H2,1-5H3,(H,70,77,78)(H,68,69,71,75)(H,72,73,74,76)/t50-,51-,54+,55+/m1/s1. The third-order valence-corrected chi connectivity index (χ3v) is 16.7. The van der Waals surface area contributed by atoms with E-state index in [-0.39, 0.29) is 91.7 Å². The Morgan fingerprint density at radius 1 is 0.632 bits per heavy atom. The van der Waals surface area contributed by atoms with Gasteiger partial charge in [-0.15, -0.1) is 5.10 Å². The lowest BCUT2D eigenvalue weighted by Gasteiger charge is -2.34. The van der Waals surface area contributed by atoms with Gasteiger partial charge >= 0.3 is 0 Å². The van der Waals surface area contributed by atoms with Crippen LogP contribution in [0.1, 0.15) is 106 Å². The Balaban J connectivity index is 0.722. The van der Waals surface area contributed by atoms with E-state index < -0.39 is 43.0 Å². The van der Waals surface area contributed by atoms with E-state index in [4.69, 9.17) is 19.2 Å². The van der Waals surface area contributed by atoms with Gasteiger partial charge in [-0.05, 0) is 181 Å². The number of carbonyl (C=O) groups excluding carboxylic acids is 2. The number of ether oxygens (including phenoxy) is 3. The summed E-state index contributed by atoms with van der Waals surface area (Å²) >= 11 is 0. The first kappa shape index (κ1) is 59.6. The van der Waals surface area contributed by atoms with Crippen LogP contribution in [0.25, 0.3) is 22.8 Å². The summed E-state index contributed by atoms with van der Waals surface area (Å²) in [4.78, 5) is 65.5. The van der Waals surface area contributed by atoms with E-state index in [1.807, 2.05) is 18.2 Å². The number of anilines is 4. The minimum atomic E-state index is -1.58. The van der Waals surface area contributed by atoms with E-state index in [1.165, 1.54) is 32.8 Å². The van der Waals surface area contributed by atoms with Gasteiger partial charge in [0, 0.05) is 48.4 Å². The lowest BCUT2D eigenvalue weighted by atomic mass is 9.87. The first-order chi connectivity index (χ1) is 42.1. The highest BCUT2D eigenvalue weighted by Gasteiger charge is 2.36. The predicted molar refractivity (Wildman–Crippen MR) is 319 cm³/mol. The number of rotatable bonds is 17. The van der Waals surface area contributed by atoms with Crippen molar-refractivity contribution >= 4 is 35.1 Å². The number of nitrogens with one attached hydrogen (secondary N) is 3. The molecule has 7 aromatic rings. The van der Waals surface area contributed by atoms with Crippen LogP contribution in [0, 0.1) is 43.4 Å². The summed E-state index contributed by atoms with van der Waals surface area (Å²) in [6.07, 6.45) is 1.11. The molecule has 0 spiro atoms. The van der Waals surface area contributed by atoms with Crippen LogP contribution in [0.5, 0.6) is 11.5 Å². The van der Waals surface area contributed by atoms with Gasteiger partial charge in [0.05, 0.1) is 24.2 Å². The summed E-state index contributed by atoms with van der Waals surface area (Å²) in [5.41, 5.74) is 7.80. The highest BCUT2D eigenvalue weighted by molar-refractivity contribution is 5.90. The number of H-pyrrole nitrogens is 1. The van der Waals surface area contributed by atoms with Gasteiger partial charge in [-0.25, -0.2) is 28.7 Å². The van der Waals surface area contributed by atoms with Gasteiger partial charge in [-0.2, -0.15) is 25.5 Å². The van der Waals surface area contributed by atoms with Gasteiger partial charge in [0.25, 0.3) is 5.91 Å². The Labute approximate surface area is 503 Å². The van der Waals surface area contributed by atoms with E-state index in [0.29, 0.717) is 40.6 Å². The summed E-state index contributed by atoms with van der Waals surface area (Å²) in [5, 5.41) is 33.7. The minimum Gasteiger partial charge on any atom is -0.486 e. The number of nitriles is 2. The lowest BCUT2D eigenvalue weighted by Crippen LogP contribution is -2.50. The van der Waals surface area contributed by atoms with Gasteiger partial charge in [0.2, 0.25) is 23.6 Å². The molecule has 11 rings (SSSR count). The topological polar surface area (TPSA) is 265 Å². The maximum Gasteiger partial charge on any atom is 0.293 e. The summed E-state index contributed by atoms with van der Waals surface area (Å²) in [5.74, 6) is 2.01. The van der Waals surface area contributed by atoms with E-state index in [1.54, 1.807) is 43.3 Å². The van der Waals surface area contributed by atoms with Gasteiger partial charge in [-0.3, -0.25) is 14.7 Å². The molecule has 0 aliphatic carbocycles. The average molecular weight is 1180 g/mol. The molecule has 4 aliphatic heterocycles. The van der Waals surface area contributed by atoms with E-state index in [2.05, 4.69) is 119 Å². The molecule has 0 saturated carbocycles. The molecule has 4 fully saturated rings. The van der Waals surface area contributed by atoms with E-state index in [9.17, 15) is 20.1 Å². The molecular weight excluding hydrogens is 1110 g/mol. The Morgan fingerprint density at radius 3 is 1.71 bits per heavy atom. The van der Waals surface area contributed by atoms with Crippen LogP contribution in [-0.2, 0) is 16.1 Å². The van der Waals surface area contributed by atoms with Crippen molar-refractivity contribution in [1.29, 1.82) is 10.5 Å². The van der Waals surface area contributed by atoms with Crippen LogP contribution in [0.4, 0.5) is 32.1 Å². The molecule has 3 aromatic heterocycles. The molecular formula is C63H69F2N17O5. The van der Waals surface area contributed by atoms with Gasteiger partial charge in [0.15, 0.2) is 29.8 Å². The summed E-state index contributed by atoms with van der Waals surface area (Å²) < 4.78 is 49.8. The number of nitrogens with zero attached hydrogens (tertiary/aromatic N) is 14. The van der Waals surface area contributed by atoms with Crippen LogP contribution in [0.2, 0.25) is 0 Å². The molecule has 4 saturated heterocycles. The van der Waals surface area contributed by atoms with Crippen molar-refractivity contribution in [3.8, 4) is 46.4 Å². The SMILES string of the molecule is Cc1nc(C(=O)N2CC[C@H](Oc3ccc(-c4nc(COCC(=O)N5CC[C@H](Oc6ccc(-c7ncnc(Nc8ccc(C9CCN(C)CC9)c(C)c8)n7)cc6C#N)[C@H](F)C5)nc(Nc5ccc(C6CCN(C)CC6)c(C)c5)n4)cc3C#N)[C@H](F)C2)n[nH]1. The van der Waals surface area contributed by atoms with E-state index in [0.717, 1.165) is 68.8 Å². The number of alkyl halides is 2. The van der Waals surface area contributed by atoms with E-state index >= 15 is 8.78 Å². The molecule has 4 atom stereocenters. The highest BCUT2D eigenvalue weighted by Crippen LogP contribution is 2.35. The minimum absolute atomic E-state index is 0.0406. The van der Waals surface area contributed by atoms with Crippen molar-refractivity contribution in [2.45, 2.75) is 102 Å². The van der Waals surface area contributed by atoms with Crippen molar-refractivity contribution in [1.82, 2.24) is 64.7 Å². The number of aromatic nitrogens is 9. The number of piperidine rings is 4. The van der Waals surface area contributed by atoms with Crippen molar-refractivity contribution < 1.29 is 32.6 Å². The van der Waals surface area contributed by atoms with Gasteiger partial charge in [-0.1, -0.05) is 12.1 Å². The number of hydrogen-bond donors (Lipinski definition) is 3. The number of carbonyl (C=O) groups is 2. The van der Waals surface area contributed by atoms with Crippen LogP contribution in [0.3, 0.4) is 0 Å². The third kappa shape index (κ3) is 14.3. The summed E-state index contributed by atoms with van der Waals surface area (Å²) in [6.45, 7) is 9.34. The largest absolute Gasteiger partial charge is 0.486 e. The zero-order valence-electron chi connectivity index (χ0n) is 49.3. The number of aromatic amines is 1. The van der Waals surface area contributed by atoms with Gasteiger partial charge in [0.1, 0.15) is 61.2 Å². The fraction of sp³-hybridized carbons (Fsp3) is 0.429. The highest BCUT2D eigenvalue weighted by atomic mass is 19.1. The average Bonchev–Trinajstić information content (AvgIpc) is 3.86. The smallest absolute Gasteiger partial charge is 0.293 e. The first-order valence-electron chi connectivity index (χ1n) is 29.4. The van der Waals surface area contributed by atoms with Crippen molar-refractivity contribution in [3.63, 3.8) is 0 Å². The Kier molecular flexibility index (Phi) is 18.3. The van der Waals surface area contributed by atoms with Crippen LogP contribution in [0.15, 0.2) is 79.1 Å². The molecule has 24 heteroatoms. The molecule has 7 heterocycles. The third-order valence-electron chi connectivity index (χ3n) is 16.7. The number of benzene rings is 4. The second-order valence-electron chi connectivity index (χ2n) is 23.0. The molecule has 2 amide bonds. The maximum atomic E-state index is 16.0. The van der Waals surface area contributed by atoms with Gasteiger partial charge < -0.3 is 44.4 Å². The molecule has 450 valence electrons. The zero-order valence-corrected chi connectivity index (χ0v) is 49.3. The second kappa shape index (κ2) is 26.7. The monoisotopic (exact) mass is 1180 g/mol. The fourth-order valence-electron chi connectivity index (χ4n) is 11.9. The number of aryl methyl sites for hydroxylation is 3. The van der Waals surface area contributed by atoms with Crippen LogP contribution >= 0.6 is 0 Å². The normalized spacial score (nSPS) is 19.7. The van der Waals surface area contributed by atoms with Crippen LogP contribution in [-0.4, -0.2) is 174 Å². The van der Waals surface area contributed by atoms with Crippen molar-refractivity contribution in [2.24, 2.45) is 0 Å². The summed E-state index contributed by atoms with van der Waals surface area (Å²) in [6, 6.07) is 26.5.